The third-order valence-corrected chi connectivity index (χ3v) is 7.74. The molecule has 16 nitrogen and oxygen atoms in total. The van der Waals surface area contributed by atoms with Gasteiger partial charge in [0.25, 0.3) is 0 Å². The molecule has 0 radical (unpaired) electrons. The summed E-state index contributed by atoms with van der Waals surface area (Å²) in [7, 11) is 2.67. The Morgan fingerprint density at radius 1 is 0.822 bits per heavy atom. The number of aromatic hydroxyl groups is 2. The third-order valence-electron chi connectivity index (χ3n) is 7.74. The van der Waals surface area contributed by atoms with Crippen molar-refractivity contribution in [3.8, 4) is 40.1 Å². The van der Waals surface area contributed by atoms with Crippen LogP contribution in [-0.2, 0) is 14.2 Å². The molecule has 1 aromatic heterocycles. The molecule has 0 bridgehead atoms. The monoisotopic (exact) mass is 638 g/mol. The van der Waals surface area contributed by atoms with E-state index in [0.29, 0.717) is 0 Å². The van der Waals surface area contributed by atoms with E-state index in [1.54, 1.807) is 0 Å². The molecule has 0 saturated carbocycles. The highest BCUT2D eigenvalue weighted by Crippen LogP contribution is 2.40. The van der Waals surface area contributed by atoms with Gasteiger partial charge in [-0.05, 0) is 25.1 Å². The Morgan fingerprint density at radius 2 is 1.56 bits per heavy atom. The molecule has 0 aliphatic carbocycles. The molecule has 2 saturated heterocycles. The maximum Gasteiger partial charge on any atom is 0.239 e. The zero-order chi connectivity index (χ0) is 32.7. The highest BCUT2D eigenvalue weighted by atomic mass is 16.8. The lowest BCUT2D eigenvalue weighted by Gasteiger charge is -2.45. The molecule has 3 heterocycles. The van der Waals surface area contributed by atoms with Gasteiger partial charge in [-0.2, -0.15) is 0 Å². The second kappa shape index (κ2) is 13.0. The predicted molar refractivity (Wildman–Crippen MR) is 150 cm³/mol. The summed E-state index contributed by atoms with van der Waals surface area (Å²) < 4.78 is 39.1. The van der Waals surface area contributed by atoms with Crippen molar-refractivity contribution >= 4 is 11.0 Å². The third kappa shape index (κ3) is 5.99. The number of hydrogen-bond donors (Lipinski definition) is 8. The van der Waals surface area contributed by atoms with Crippen molar-refractivity contribution in [1.29, 1.82) is 0 Å². The SMILES string of the molecule is COc1cc(O)c2c(=O)c(O[C@H]3O[C@@H](CO)[C@H](O)[C@H](O)[C@@H]3O[C@@H]3O[C@@H](C)[C@H](O)[C@H](O)[C@@H]3O)c(-c3ccc(OC)c(O)c3)oc2c1. The Hall–Kier alpha value is -3.71. The van der Waals surface area contributed by atoms with Crippen LogP contribution in [0.2, 0.25) is 0 Å². The number of aliphatic hydroxyl groups is 6. The van der Waals surface area contributed by atoms with Gasteiger partial charge in [0, 0.05) is 17.7 Å². The fourth-order valence-electron chi connectivity index (χ4n) is 5.20. The molecule has 5 rings (SSSR count). The molecular formula is C29H34O16. The van der Waals surface area contributed by atoms with E-state index in [9.17, 15) is 45.6 Å². The average Bonchev–Trinajstić information content (AvgIpc) is 3.02. The molecule has 0 spiro atoms. The van der Waals surface area contributed by atoms with E-state index < -0.39 is 84.9 Å². The van der Waals surface area contributed by atoms with Crippen LogP contribution < -0.4 is 19.6 Å². The maximum absolute atomic E-state index is 13.9. The predicted octanol–water partition coefficient (Wildman–Crippen LogP) is -1.08. The Kier molecular flexibility index (Phi) is 9.41. The second-order valence-electron chi connectivity index (χ2n) is 10.6. The first kappa shape index (κ1) is 32.7. The van der Waals surface area contributed by atoms with Crippen LogP contribution in [0.5, 0.6) is 28.7 Å². The molecule has 45 heavy (non-hydrogen) atoms. The topological polar surface area (TPSA) is 247 Å². The molecule has 246 valence electrons. The maximum atomic E-state index is 13.9. The van der Waals surface area contributed by atoms with Crippen LogP contribution in [0.3, 0.4) is 0 Å². The van der Waals surface area contributed by atoms with Gasteiger partial charge in [0.2, 0.25) is 17.5 Å². The minimum absolute atomic E-state index is 0.0918. The summed E-state index contributed by atoms with van der Waals surface area (Å²) in [6.07, 6.45) is -16.4. The summed E-state index contributed by atoms with van der Waals surface area (Å²) >= 11 is 0. The molecule has 2 aromatic carbocycles. The fourth-order valence-corrected chi connectivity index (χ4v) is 5.20. The first-order valence-corrected chi connectivity index (χ1v) is 13.8. The van der Waals surface area contributed by atoms with E-state index in [1.165, 1.54) is 45.4 Å². The number of aliphatic hydroxyl groups excluding tert-OH is 6. The van der Waals surface area contributed by atoms with Gasteiger partial charge >= 0.3 is 0 Å². The Labute approximate surface area is 254 Å². The molecule has 2 aliphatic rings. The molecular weight excluding hydrogens is 604 g/mol. The molecule has 8 N–H and O–H groups in total. The molecule has 10 atom stereocenters. The minimum atomic E-state index is -1.88. The van der Waals surface area contributed by atoms with Crippen LogP contribution in [0.25, 0.3) is 22.3 Å². The fraction of sp³-hybridized carbons (Fsp3) is 0.483. The van der Waals surface area contributed by atoms with Crippen molar-refractivity contribution in [2.24, 2.45) is 0 Å². The van der Waals surface area contributed by atoms with Gasteiger partial charge in [-0.25, -0.2) is 0 Å². The minimum Gasteiger partial charge on any atom is -0.507 e. The van der Waals surface area contributed by atoms with Crippen molar-refractivity contribution in [3.05, 3.63) is 40.6 Å². The Bertz CT molecular complexity index is 1570. The Balaban J connectivity index is 1.63. The van der Waals surface area contributed by atoms with Crippen molar-refractivity contribution in [2.75, 3.05) is 20.8 Å². The van der Waals surface area contributed by atoms with Gasteiger partial charge in [0.15, 0.2) is 29.7 Å². The molecule has 3 aromatic rings. The largest absolute Gasteiger partial charge is 0.507 e. The van der Waals surface area contributed by atoms with Crippen LogP contribution in [0.1, 0.15) is 6.92 Å². The summed E-state index contributed by atoms with van der Waals surface area (Å²) in [6.45, 7) is 0.592. The zero-order valence-electron chi connectivity index (χ0n) is 24.2. The quantitative estimate of drug-likeness (QED) is 0.146. The van der Waals surface area contributed by atoms with Crippen molar-refractivity contribution < 1.29 is 73.7 Å². The lowest BCUT2D eigenvalue weighted by Crippen LogP contribution is -2.64. The molecule has 16 heteroatoms. The first-order chi connectivity index (χ1) is 21.4. The summed E-state index contributed by atoms with van der Waals surface area (Å²) in [5, 5.41) is 83.1. The molecule has 0 amide bonds. The van der Waals surface area contributed by atoms with Gasteiger partial charge in [-0.15, -0.1) is 0 Å². The highest BCUT2D eigenvalue weighted by molar-refractivity contribution is 5.88. The summed E-state index contributed by atoms with van der Waals surface area (Å²) in [5.74, 6) is -1.51. The van der Waals surface area contributed by atoms with E-state index in [1.807, 2.05) is 0 Å². The van der Waals surface area contributed by atoms with Crippen LogP contribution >= 0.6 is 0 Å². The summed E-state index contributed by atoms with van der Waals surface area (Å²) in [6, 6.07) is 6.52. The Morgan fingerprint density at radius 3 is 2.20 bits per heavy atom. The normalized spacial score (nSPS) is 31.9. The number of benzene rings is 2. The lowest BCUT2D eigenvalue weighted by molar-refractivity contribution is -0.354. The van der Waals surface area contributed by atoms with Gasteiger partial charge < -0.3 is 73.7 Å². The number of ether oxygens (including phenoxy) is 6. The molecule has 2 aliphatic heterocycles. The first-order valence-electron chi connectivity index (χ1n) is 13.8. The smallest absolute Gasteiger partial charge is 0.239 e. The van der Waals surface area contributed by atoms with Gasteiger partial charge in [-0.1, -0.05) is 0 Å². The summed E-state index contributed by atoms with van der Waals surface area (Å²) in [4.78, 5) is 13.9. The zero-order valence-corrected chi connectivity index (χ0v) is 24.2. The van der Waals surface area contributed by atoms with E-state index in [0.717, 1.165) is 6.07 Å². The number of methoxy groups -OCH3 is 2. The van der Waals surface area contributed by atoms with Gasteiger partial charge in [-0.3, -0.25) is 4.79 Å². The van der Waals surface area contributed by atoms with E-state index in [2.05, 4.69) is 0 Å². The molecule has 2 fully saturated rings. The number of rotatable bonds is 8. The number of hydrogen-bond acceptors (Lipinski definition) is 16. The molecule has 0 unspecified atom stereocenters. The number of phenols is 2. The van der Waals surface area contributed by atoms with Crippen LogP contribution in [0.4, 0.5) is 0 Å². The van der Waals surface area contributed by atoms with Crippen molar-refractivity contribution in [2.45, 2.75) is 68.3 Å². The summed E-state index contributed by atoms with van der Waals surface area (Å²) in [5.41, 5.74) is -0.976. The van der Waals surface area contributed by atoms with Crippen molar-refractivity contribution in [3.63, 3.8) is 0 Å². The van der Waals surface area contributed by atoms with E-state index >= 15 is 0 Å². The number of fused-ring (bicyclic) bond motifs is 1. The van der Waals surface area contributed by atoms with Crippen LogP contribution in [0, 0.1) is 0 Å². The standard InChI is InChI=1S/C29H34O16/c1-10-19(33)22(36)24(38)28(41-10)45-27-23(37)20(34)17(9-30)43-29(27)44-26-21(35)18-14(32)7-12(39-2)8-16(18)42-25(26)11-4-5-15(40-3)13(31)6-11/h4-8,10,17,19-20,22-24,27-34,36-38H,9H2,1-3H3/t10-,17-,19-,20-,22-,23-,24-,27-,28-,29+/m0/s1. The van der Waals surface area contributed by atoms with Crippen LogP contribution in [0.15, 0.2) is 39.5 Å². The van der Waals surface area contributed by atoms with Gasteiger partial charge in [0.1, 0.15) is 59.1 Å². The van der Waals surface area contributed by atoms with E-state index in [4.69, 9.17) is 32.8 Å². The average molecular weight is 639 g/mol. The number of phenolic OH excluding ortho intramolecular Hbond substituents is 2. The van der Waals surface area contributed by atoms with Crippen molar-refractivity contribution in [1.82, 2.24) is 0 Å². The lowest BCUT2D eigenvalue weighted by atomic mass is 9.97. The van der Waals surface area contributed by atoms with Crippen LogP contribution in [-0.4, -0.2) is 123 Å². The van der Waals surface area contributed by atoms with E-state index in [-0.39, 0.29) is 39.5 Å². The highest BCUT2D eigenvalue weighted by Gasteiger charge is 2.51. The second-order valence-corrected chi connectivity index (χ2v) is 10.6. The van der Waals surface area contributed by atoms with Gasteiger partial charge in [0.05, 0.1) is 26.9 Å².